The van der Waals surface area contributed by atoms with Crippen LogP contribution in [0.3, 0.4) is 0 Å². The van der Waals surface area contributed by atoms with Gasteiger partial charge in [-0.05, 0) is 50.5 Å². The molecule has 2 rings (SSSR count). The van der Waals surface area contributed by atoms with Crippen molar-refractivity contribution in [2.75, 3.05) is 18.0 Å². The van der Waals surface area contributed by atoms with Crippen LogP contribution in [0, 0.1) is 0 Å². The summed E-state index contributed by atoms with van der Waals surface area (Å²) in [6, 6.07) is 2.84. The Kier molecular flexibility index (Phi) is 5.76. The first-order valence-corrected chi connectivity index (χ1v) is 7.95. The number of urea groups is 1. The molecule has 1 unspecified atom stereocenters. The maximum Gasteiger partial charge on any atom is 0.573 e. The van der Waals surface area contributed by atoms with E-state index in [9.17, 15) is 22.8 Å². The molecular weight excluding hydrogens is 339 g/mol. The van der Waals surface area contributed by atoms with Gasteiger partial charge in [-0.3, -0.25) is 10.1 Å². The summed E-state index contributed by atoms with van der Waals surface area (Å²) in [6.07, 6.45) is -3.48. The van der Waals surface area contributed by atoms with Gasteiger partial charge in [-0.25, -0.2) is 4.79 Å². The van der Waals surface area contributed by atoms with Crippen LogP contribution in [0.5, 0.6) is 5.75 Å². The van der Waals surface area contributed by atoms with Crippen molar-refractivity contribution in [3.05, 3.63) is 23.8 Å². The van der Waals surface area contributed by atoms with Gasteiger partial charge in [0, 0.05) is 18.8 Å². The molecule has 0 radical (unpaired) electrons. The van der Waals surface area contributed by atoms with Gasteiger partial charge in [0.05, 0.1) is 0 Å². The molecule has 0 fully saturated rings. The second-order valence-corrected chi connectivity index (χ2v) is 5.66. The zero-order valence-electron chi connectivity index (χ0n) is 13.9. The standard InChI is InChI=1S/C16H20F3N3O3/c1-3-20-15(24)21-14(23)10(2)22-8-4-5-11-9-12(6-7-13(11)22)25-16(17,18)19/h6-7,9-10H,3-5,8H2,1-2H3,(H2,20,21,23,24). The molecule has 25 heavy (non-hydrogen) atoms. The number of carbonyl (C=O) groups is 2. The van der Waals surface area contributed by atoms with Crippen molar-refractivity contribution in [3.63, 3.8) is 0 Å². The van der Waals surface area contributed by atoms with Gasteiger partial charge in [-0.2, -0.15) is 0 Å². The quantitative estimate of drug-likeness (QED) is 0.867. The van der Waals surface area contributed by atoms with Crippen LogP contribution >= 0.6 is 0 Å². The van der Waals surface area contributed by atoms with Gasteiger partial charge < -0.3 is 15.0 Å². The first kappa shape index (κ1) is 18.9. The molecule has 0 spiro atoms. The van der Waals surface area contributed by atoms with E-state index in [-0.39, 0.29) is 5.75 Å². The second-order valence-electron chi connectivity index (χ2n) is 5.66. The Bertz CT molecular complexity index is 649. The highest BCUT2D eigenvalue weighted by molar-refractivity contribution is 5.98. The third kappa shape index (κ3) is 5.01. The van der Waals surface area contributed by atoms with Crippen molar-refractivity contribution in [2.24, 2.45) is 0 Å². The van der Waals surface area contributed by atoms with Crippen LogP contribution in [0.2, 0.25) is 0 Å². The number of nitrogens with zero attached hydrogens (tertiary/aromatic N) is 1. The Morgan fingerprint density at radius 1 is 1.36 bits per heavy atom. The van der Waals surface area contributed by atoms with Crippen LogP contribution in [-0.2, 0) is 11.2 Å². The van der Waals surface area contributed by atoms with Crippen molar-refractivity contribution in [2.45, 2.75) is 39.1 Å². The SMILES string of the molecule is CCNC(=O)NC(=O)C(C)N1CCCc2cc(OC(F)(F)F)ccc21. The number of benzene rings is 1. The van der Waals surface area contributed by atoms with Gasteiger partial charge >= 0.3 is 12.4 Å². The zero-order chi connectivity index (χ0) is 18.6. The number of hydrogen-bond acceptors (Lipinski definition) is 4. The molecule has 9 heteroatoms. The van der Waals surface area contributed by atoms with Crippen molar-refractivity contribution in [1.29, 1.82) is 0 Å². The summed E-state index contributed by atoms with van der Waals surface area (Å²) in [4.78, 5) is 25.5. The minimum absolute atomic E-state index is 0.285. The van der Waals surface area contributed by atoms with Crippen LogP contribution in [0.4, 0.5) is 23.7 Å². The van der Waals surface area contributed by atoms with Gasteiger partial charge in [0.15, 0.2) is 0 Å². The number of aryl methyl sites for hydroxylation is 1. The summed E-state index contributed by atoms with van der Waals surface area (Å²) in [5, 5.41) is 4.72. The number of alkyl halides is 3. The molecule has 1 atom stereocenters. The number of fused-ring (bicyclic) bond motifs is 1. The average Bonchev–Trinajstić information content (AvgIpc) is 2.52. The van der Waals surface area contributed by atoms with Gasteiger partial charge in [0.1, 0.15) is 11.8 Å². The van der Waals surface area contributed by atoms with Gasteiger partial charge in [0.25, 0.3) is 0 Å². The van der Waals surface area contributed by atoms with E-state index in [4.69, 9.17) is 0 Å². The van der Waals surface area contributed by atoms with E-state index in [1.54, 1.807) is 18.7 Å². The third-order valence-electron chi connectivity index (χ3n) is 3.86. The smallest absolute Gasteiger partial charge is 0.406 e. The predicted octanol–water partition coefficient (Wildman–Crippen LogP) is 2.57. The molecule has 1 aliphatic heterocycles. The van der Waals surface area contributed by atoms with Crippen molar-refractivity contribution in [3.8, 4) is 5.75 Å². The van der Waals surface area contributed by atoms with E-state index in [0.29, 0.717) is 37.2 Å². The minimum Gasteiger partial charge on any atom is -0.406 e. The Morgan fingerprint density at radius 3 is 2.72 bits per heavy atom. The highest BCUT2D eigenvalue weighted by atomic mass is 19.4. The van der Waals surface area contributed by atoms with E-state index in [1.165, 1.54) is 18.2 Å². The first-order chi connectivity index (χ1) is 11.7. The zero-order valence-corrected chi connectivity index (χ0v) is 13.9. The largest absolute Gasteiger partial charge is 0.573 e. The molecule has 0 bridgehead atoms. The Balaban J connectivity index is 2.15. The van der Waals surface area contributed by atoms with E-state index in [1.807, 2.05) is 0 Å². The van der Waals surface area contributed by atoms with Crippen LogP contribution in [0.25, 0.3) is 0 Å². The van der Waals surface area contributed by atoms with Crippen LogP contribution in [0.15, 0.2) is 18.2 Å². The highest BCUT2D eigenvalue weighted by Gasteiger charge is 2.32. The van der Waals surface area contributed by atoms with Crippen LogP contribution in [-0.4, -0.2) is 37.4 Å². The fraction of sp³-hybridized carbons (Fsp3) is 0.500. The summed E-state index contributed by atoms with van der Waals surface area (Å²) in [7, 11) is 0. The number of ether oxygens (including phenoxy) is 1. The number of nitrogens with one attached hydrogen (secondary N) is 2. The summed E-state index contributed by atoms with van der Waals surface area (Å²) in [5.74, 6) is -0.762. The molecule has 0 saturated carbocycles. The van der Waals surface area contributed by atoms with E-state index < -0.39 is 24.3 Å². The van der Waals surface area contributed by atoms with E-state index in [2.05, 4.69) is 15.4 Å². The molecule has 1 aromatic rings. The number of rotatable bonds is 4. The van der Waals surface area contributed by atoms with Crippen molar-refractivity contribution >= 4 is 17.6 Å². The molecule has 1 heterocycles. The number of carbonyl (C=O) groups excluding carboxylic acids is 2. The highest BCUT2D eigenvalue weighted by Crippen LogP contribution is 2.33. The fourth-order valence-corrected chi connectivity index (χ4v) is 2.76. The number of amides is 3. The predicted molar refractivity (Wildman–Crippen MR) is 85.5 cm³/mol. The van der Waals surface area contributed by atoms with Crippen molar-refractivity contribution in [1.82, 2.24) is 10.6 Å². The maximum atomic E-state index is 12.3. The number of hydrogen-bond donors (Lipinski definition) is 2. The van der Waals surface area contributed by atoms with E-state index >= 15 is 0 Å². The minimum atomic E-state index is -4.75. The lowest BCUT2D eigenvalue weighted by Crippen LogP contribution is -2.51. The Hall–Kier alpha value is -2.45. The molecule has 2 N–H and O–H groups in total. The Morgan fingerprint density at radius 2 is 2.08 bits per heavy atom. The lowest BCUT2D eigenvalue weighted by molar-refractivity contribution is -0.274. The lowest BCUT2D eigenvalue weighted by atomic mass is 9.99. The number of halogens is 3. The molecule has 6 nitrogen and oxygen atoms in total. The van der Waals surface area contributed by atoms with E-state index in [0.717, 1.165) is 0 Å². The van der Waals surface area contributed by atoms with Gasteiger partial charge in [-0.15, -0.1) is 13.2 Å². The third-order valence-corrected chi connectivity index (χ3v) is 3.86. The molecule has 138 valence electrons. The monoisotopic (exact) mass is 359 g/mol. The van der Waals surface area contributed by atoms with Crippen LogP contribution in [0.1, 0.15) is 25.8 Å². The number of anilines is 1. The summed E-state index contributed by atoms with van der Waals surface area (Å²) in [6.45, 7) is 4.33. The first-order valence-electron chi connectivity index (χ1n) is 7.95. The van der Waals surface area contributed by atoms with Gasteiger partial charge in [0.2, 0.25) is 5.91 Å². The summed E-state index contributed by atoms with van der Waals surface area (Å²) < 4.78 is 41.0. The van der Waals surface area contributed by atoms with Gasteiger partial charge in [-0.1, -0.05) is 0 Å². The molecule has 0 aromatic heterocycles. The van der Waals surface area contributed by atoms with Crippen molar-refractivity contribution < 1.29 is 27.5 Å². The summed E-state index contributed by atoms with van der Waals surface area (Å²) >= 11 is 0. The number of imide groups is 1. The summed E-state index contributed by atoms with van der Waals surface area (Å²) in [5.41, 5.74) is 1.34. The Labute approximate surface area is 143 Å². The molecule has 1 aliphatic rings. The normalized spacial score (nSPS) is 15.2. The molecule has 0 aliphatic carbocycles. The lowest BCUT2D eigenvalue weighted by Gasteiger charge is -2.35. The molecular formula is C16H20F3N3O3. The topological polar surface area (TPSA) is 70.7 Å². The molecule has 0 saturated heterocycles. The molecule has 3 amide bonds. The van der Waals surface area contributed by atoms with Crippen LogP contribution < -0.4 is 20.3 Å². The molecule has 1 aromatic carbocycles. The second kappa shape index (κ2) is 7.62. The maximum absolute atomic E-state index is 12.3. The average molecular weight is 359 g/mol. The fourth-order valence-electron chi connectivity index (χ4n) is 2.76.